The fourth-order valence-corrected chi connectivity index (χ4v) is 12.1. The number of aryl methyl sites for hydroxylation is 1. The van der Waals surface area contributed by atoms with Crippen molar-refractivity contribution in [1.29, 1.82) is 0 Å². The van der Waals surface area contributed by atoms with E-state index in [2.05, 4.69) is 129 Å². The van der Waals surface area contributed by atoms with Crippen molar-refractivity contribution < 1.29 is 8.83 Å². The average Bonchev–Trinajstić information content (AvgIpc) is 4.12. The van der Waals surface area contributed by atoms with E-state index in [1.807, 2.05) is 103 Å². The number of hydrogen-bond donors (Lipinski definition) is 0. The maximum atomic E-state index is 14.8. The Morgan fingerprint density at radius 2 is 1.08 bits per heavy atom. The highest BCUT2D eigenvalue weighted by Gasteiger charge is 2.36. The van der Waals surface area contributed by atoms with Crippen LogP contribution in [0.15, 0.2) is 243 Å². The number of furan rings is 2. The van der Waals surface area contributed by atoms with Crippen LogP contribution in [0.2, 0.25) is 0 Å². The van der Waals surface area contributed by atoms with Crippen LogP contribution in [0.1, 0.15) is 54.0 Å². The van der Waals surface area contributed by atoms with Gasteiger partial charge in [-0.25, -0.2) is 9.36 Å². The molecular formula is C68H48N2O4. The third-order valence-electron chi connectivity index (χ3n) is 15.7. The Labute approximate surface area is 426 Å². The summed E-state index contributed by atoms with van der Waals surface area (Å²) in [6.07, 6.45) is 1.74. The summed E-state index contributed by atoms with van der Waals surface area (Å²) < 4.78 is 16.2. The molecule has 0 N–H and O–H groups in total. The highest BCUT2D eigenvalue weighted by Crippen LogP contribution is 2.50. The van der Waals surface area contributed by atoms with E-state index in [1.165, 1.54) is 37.9 Å². The number of para-hydroxylation sites is 3. The van der Waals surface area contributed by atoms with E-state index >= 15 is 0 Å². The Morgan fingerprint density at radius 3 is 1.95 bits per heavy atom. The predicted octanol–water partition coefficient (Wildman–Crippen LogP) is 16.3. The first-order chi connectivity index (χ1) is 36.3. The van der Waals surface area contributed by atoms with Crippen molar-refractivity contribution in [2.75, 3.05) is 0 Å². The van der Waals surface area contributed by atoms with Crippen LogP contribution in [0, 0.1) is 0 Å². The van der Waals surface area contributed by atoms with E-state index in [-0.39, 0.29) is 16.9 Å². The molecule has 1 atom stereocenters. The summed E-state index contributed by atoms with van der Waals surface area (Å²) in [5, 5.41) is 4.60. The Morgan fingerprint density at radius 1 is 0.446 bits per heavy atom. The van der Waals surface area contributed by atoms with Gasteiger partial charge < -0.3 is 8.83 Å². The van der Waals surface area contributed by atoms with Gasteiger partial charge >= 0.3 is 5.69 Å². The zero-order valence-electron chi connectivity index (χ0n) is 40.9. The molecule has 0 bridgehead atoms. The normalized spacial score (nSPS) is 13.3. The lowest BCUT2D eigenvalue weighted by atomic mass is 9.81. The second-order valence-corrected chi connectivity index (χ2v) is 20.2. The summed E-state index contributed by atoms with van der Waals surface area (Å²) in [6.45, 7) is 4.68. The molecule has 1 aliphatic carbocycles. The number of aromatic nitrogens is 2. The quantitative estimate of drug-likeness (QED) is 0.145. The lowest BCUT2D eigenvalue weighted by Crippen LogP contribution is -2.38. The monoisotopic (exact) mass is 956 g/mol. The molecule has 354 valence electrons. The van der Waals surface area contributed by atoms with Crippen LogP contribution in [-0.2, 0) is 11.8 Å². The summed E-state index contributed by atoms with van der Waals surface area (Å²) in [4.78, 5) is 29.1. The lowest BCUT2D eigenvalue weighted by Gasteiger charge is -2.22. The second-order valence-electron chi connectivity index (χ2n) is 20.2. The van der Waals surface area contributed by atoms with Gasteiger partial charge in [-0.2, -0.15) is 0 Å². The van der Waals surface area contributed by atoms with Crippen LogP contribution < -0.4 is 11.2 Å². The number of hydrogen-bond acceptors (Lipinski definition) is 4. The van der Waals surface area contributed by atoms with Gasteiger partial charge in [-0.15, -0.1) is 0 Å². The lowest BCUT2D eigenvalue weighted by molar-refractivity contribution is 0.658. The van der Waals surface area contributed by atoms with Crippen molar-refractivity contribution in [2.24, 2.45) is 0 Å². The van der Waals surface area contributed by atoms with E-state index in [0.29, 0.717) is 27.9 Å². The third kappa shape index (κ3) is 6.86. The molecule has 1 unspecified atom stereocenters. The second kappa shape index (κ2) is 16.9. The molecule has 0 spiro atoms. The van der Waals surface area contributed by atoms with E-state index in [0.717, 1.165) is 79.0 Å². The summed E-state index contributed by atoms with van der Waals surface area (Å²) in [7, 11) is 0. The van der Waals surface area contributed by atoms with Gasteiger partial charge in [0, 0.05) is 44.5 Å². The molecule has 1 aliphatic rings. The summed E-state index contributed by atoms with van der Waals surface area (Å²) in [6, 6.07) is 76.8. The number of rotatable bonds is 9. The van der Waals surface area contributed by atoms with Gasteiger partial charge in [0.15, 0.2) is 0 Å². The van der Waals surface area contributed by atoms with Gasteiger partial charge in [0.25, 0.3) is 5.56 Å². The van der Waals surface area contributed by atoms with Crippen LogP contribution in [0.3, 0.4) is 0 Å². The minimum atomic E-state index is -0.462. The van der Waals surface area contributed by atoms with Crippen molar-refractivity contribution in [2.45, 2.75) is 38.0 Å². The van der Waals surface area contributed by atoms with Gasteiger partial charge in [0.05, 0.1) is 22.3 Å². The van der Waals surface area contributed by atoms with Gasteiger partial charge in [0.1, 0.15) is 22.3 Å². The molecule has 10 aromatic carbocycles. The highest BCUT2D eigenvalue weighted by molar-refractivity contribution is 6.09. The molecule has 0 fully saturated rings. The standard InChI is InChI=1S/C68H48N2O4/c1-68(2)58-25-9-6-21-56(58)64-45(17-13-26-59(64)68)33-36-50(43-29-31-44(32-30-43)51-23-14-24-55-52-20-8-11-28-61(52)74-65(51)55)47-34-37-53-54-38-35-49(41-63(54)73-62(53)40-47)69-60-27-10-7-22-57(60)66(71)70(67(69)72)48-19-12-18-46(39-48)42-15-4-3-5-16-42/h3-32,34-35,37-41,50H,33,36H2,1-2H3. The molecule has 3 heterocycles. The number of benzene rings is 10. The van der Waals surface area contributed by atoms with Gasteiger partial charge in [-0.05, 0) is 117 Å². The van der Waals surface area contributed by atoms with Crippen molar-refractivity contribution in [3.05, 3.63) is 273 Å². The van der Waals surface area contributed by atoms with Crippen LogP contribution in [0.5, 0.6) is 0 Å². The summed E-state index contributed by atoms with van der Waals surface area (Å²) >= 11 is 0. The first kappa shape index (κ1) is 43.5. The van der Waals surface area contributed by atoms with Crippen molar-refractivity contribution in [1.82, 2.24) is 9.13 Å². The maximum Gasteiger partial charge on any atom is 0.340 e. The summed E-state index contributed by atoms with van der Waals surface area (Å²) in [5.74, 6) is 0.0334. The van der Waals surface area contributed by atoms with Crippen LogP contribution in [-0.4, -0.2) is 9.13 Å². The van der Waals surface area contributed by atoms with Crippen LogP contribution in [0.25, 0.3) is 99.5 Å². The van der Waals surface area contributed by atoms with Crippen LogP contribution in [0.4, 0.5) is 0 Å². The fraction of sp³-hybridized carbons (Fsp3) is 0.0882. The highest BCUT2D eigenvalue weighted by atomic mass is 16.3. The smallest absolute Gasteiger partial charge is 0.340 e. The summed E-state index contributed by atoms with van der Waals surface area (Å²) in [5.41, 5.74) is 17.2. The van der Waals surface area contributed by atoms with Gasteiger partial charge in [0.2, 0.25) is 0 Å². The average molecular weight is 957 g/mol. The molecule has 0 amide bonds. The van der Waals surface area contributed by atoms with Crippen LogP contribution >= 0.6 is 0 Å². The van der Waals surface area contributed by atoms with Gasteiger partial charge in [-0.1, -0.05) is 184 Å². The fourth-order valence-electron chi connectivity index (χ4n) is 12.1. The number of fused-ring (bicyclic) bond motifs is 10. The zero-order chi connectivity index (χ0) is 49.7. The van der Waals surface area contributed by atoms with Crippen molar-refractivity contribution >= 4 is 54.8 Å². The van der Waals surface area contributed by atoms with E-state index in [9.17, 15) is 9.59 Å². The first-order valence-corrected chi connectivity index (χ1v) is 25.4. The van der Waals surface area contributed by atoms with E-state index in [4.69, 9.17) is 8.83 Å². The molecule has 14 rings (SSSR count). The van der Waals surface area contributed by atoms with Crippen molar-refractivity contribution in [3.8, 4) is 44.8 Å². The number of nitrogens with zero attached hydrogens (tertiary/aromatic N) is 2. The Bertz CT molecular complexity index is 4510. The molecule has 13 aromatic rings. The van der Waals surface area contributed by atoms with Crippen molar-refractivity contribution in [3.63, 3.8) is 0 Å². The minimum absolute atomic E-state index is 0.0334. The minimum Gasteiger partial charge on any atom is -0.456 e. The zero-order valence-corrected chi connectivity index (χ0v) is 40.9. The Kier molecular flexibility index (Phi) is 9.96. The molecule has 74 heavy (non-hydrogen) atoms. The van der Waals surface area contributed by atoms with Gasteiger partial charge in [-0.3, -0.25) is 9.36 Å². The Hall–Kier alpha value is -9.26. The maximum absolute atomic E-state index is 14.8. The third-order valence-corrected chi connectivity index (χ3v) is 15.7. The largest absolute Gasteiger partial charge is 0.456 e. The van der Waals surface area contributed by atoms with E-state index < -0.39 is 5.69 Å². The SMILES string of the molecule is CC1(C)c2ccccc2-c2c(CCC(c3ccc(-c4cccc5c4oc4ccccc45)cc3)c3ccc4c(c3)oc3cc(-n5c(=O)n(-c6cccc(-c7ccccc7)c6)c(=O)c6ccccc65)ccc34)cccc21. The molecule has 6 nitrogen and oxygen atoms in total. The first-order valence-electron chi connectivity index (χ1n) is 25.4. The molecule has 0 saturated heterocycles. The molecule has 0 saturated carbocycles. The molecule has 0 radical (unpaired) electrons. The Balaban J connectivity index is 0.869. The molecular weight excluding hydrogens is 909 g/mol. The molecule has 3 aromatic heterocycles. The predicted molar refractivity (Wildman–Crippen MR) is 301 cm³/mol. The molecule has 6 heteroatoms. The topological polar surface area (TPSA) is 70.3 Å². The van der Waals surface area contributed by atoms with E-state index in [1.54, 1.807) is 10.6 Å². The molecule has 0 aliphatic heterocycles.